The van der Waals surface area contributed by atoms with Gasteiger partial charge in [-0.05, 0) is 25.7 Å². The second-order valence-electron chi connectivity index (χ2n) is 5.75. The number of piperidine rings is 1. The lowest BCUT2D eigenvalue weighted by Crippen LogP contribution is -2.56. The van der Waals surface area contributed by atoms with Gasteiger partial charge in [-0.1, -0.05) is 0 Å². The van der Waals surface area contributed by atoms with Gasteiger partial charge < -0.3 is 10.1 Å². The third-order valence-electron chi connectivity index (χ3n) is 4.54. The summed E-state index contributed by atoms with van der Waals surface area (Å²) >= 11 is 0. The number of ether oxygens (including phenoxy) is 1. The molecule has 3 rings (SSSR count). The third-order valence-corrected chi connectivity index (χ3v) is 6.94. The lowest BCUT2D eigenvalue weighted by Gasteiger charge is -2.38. The molecule has 3 aliphatic heterocycles. The van der Waals surface area contributed by atoms with E-state index in [0.717, 1.165) is 0 Å². The number of nitrogens with zero attached hydrogens (tertiary/aromatic N) is 1. The van der Waals surface area contributed by atoms with E-state index in [4.69, 9.17) is 4.74 Å². The predicted molar refractivity (Wildman–Crippen MR) is 73.0 cm³/mol. The van der Waals surface area contributed by atoms with Crippen molar-refractivity contribution in [2.24, 2.45) is 0 Å². The van der Waals surface area contributed by atoms with Crippen LogP contribution in [-0.4, -0.2) is 61.8 Å². The Morgan fingerprint density at radius 3 is 2.29 bits per heavy atom. The van der Waals surface area contributed by atoms with E-state index < -0.39 is 26.8 Å². The van der Waals surface area contributed by atoms with Crippen molar-refractivity contribution in [3.05, 3.63) is 0 Å². The fraction of sp³-hybridized carbons (Fsp3) is 0.833. The number of amides is 3. The molecule has 0 aromatic rings. The fourth-order valence-electron chi connectivity index (χ4n) is 3.19. The highest BCUT2D eigenvalue weighted by molar-refractivity contribution is 7.89. The molecule has 8 nitrogen and oxygen atoms in total. The molecule has 3 fully saturated rings. The number of urea groups is 1. The summed E-state index contributed by atoms with van der Waals surface area (Å²) in [5, 5.41) is 4.45. The van der Waals surface area contributed by atoms with Crippen LogP contribution in [-0.2, 0) is 19.6 Å². The monoisotopic (exact) mass is 317 g/mol. The van der Waals surface area contributed by atoms with E-state index in [1.165, 1.54) is 4.31 Å². The SMILES string of the molecule is O=C1NC(=O)C2(CCN(S(=O)(=O)C3CCOCC3)CC2)N1. The Morgan fingerprint density at radius 2 is 1.76 bits per heavy atom. The van der Waals surface area contributed by atoms with Gasteiger partial charge in [0.2, 0.25) is 10.0 Å². The Bertz CT molecular complexity index is 547. The summed E-state index contributed by atoms with van der Waals surface area (Å²) in [5.74, 6) is -0.351. The van der Waals surface area contributed by atoms with Gasteiger partial charge in [0.1, 0.15) is 5.54 Å². The molecule has 0 aromatic carbocycles. The highest BCUT2D eigenvalue weighted by atomic mass is 32.2. The predicted octanol–water partition coefficient (Wildman–Crippen LogP) is -0.831. The van der Waals surface area contributed by atoms with Crippen molar-refractivity contribution in [1.82, 2.24) is 14.9 Å². The molecule has 0 saturated carbocycles. The molecule has 9 heteroatoms. The van der Waals surface area contributed by atoms with Crippen molar-refractivity contribution in [3.63, 3.8) is 0 Å². The van der Waals surface area contributed by atoms with Gasteiger partial charge in [-0.15, -0.1) is 0 Å². The molecule has 0 radical (unpaired) electrons. The minimum atomic E-state index is -3.35. The molecule has 0 unspecified atom stereocenters. The molecule has 1 spiro atoms. The number of hydrogen-bond acceptors (Lipinski definition) is 5. The van der Waals surface area contributed by atoms with Gasteiger partial charge in [0, 0.05) is 26.3 Å². The number of hydrogen-bond donors (Lipinski definition) is 2. The zero-order chi connectivity index (χ0) is 15.1. The van der Waals surface area contributed by atoms with E-state index in [1.807, 2.05) is 0 Å². The van der Waals surface area contributed by atoms with Crippen LogP contribution >= 0.6 is 0 Å². The van der Waals surface area contributed by atoms with Crippen LogP contribution in [0.1, 0.15) is 25.7 Å². The number of imide groups is 1. The molecule has 0 atom stereocenters. The average molecular weight is 317 g/mol. The van der Waals surface area contributed by atoms with Crippen molar-refractivity contribution < 1.29 is 22.7 Å². The lowest BCUT2D eigenvalue weighted by molar-refractivity contribution is -0.125. The molecule has 0 aliphatic carbocycles. The third kappa shape index (κ3) is 2.53. The first kappa shape index (κ1) is 14.7. The van der Waals surface area contributed by atoms with Crippen molar-refractivity contribution in [1.29, 1.82) is 0 Å². The van der Waals surface area contributed by atoms with Gasteiger partial charge in [0.25, 0.3) is 5.91 Å². The Kier molecular flexibility index (Phi) is 3.66. The number of nitrogens with one attached hydrogen (secondary N) is 2. The van der Waals surface area contributed by atoms with Gasteiger partial charge in [-0.2, -0.15) is 0 Å². The second-order valence-corrected chi connectivity index (χ2v) is 7.96. The first-order valence-electron chi connectivity index (χ1n) is 7.14. The fourth-order valence-corrected chi connectivity index (χ4v) is 5.09. The average Bonchev–Trinajstić information content (AvgIpc) is 2.74. The largest absolute Gasteiger partial charge is 0.381 e. The lowest BCUT2D eigenvalue weighted by atomic mass is 9.89. The van der Waals surface area contributed by atoms with Crippen LogP contribution < -0.4 is 10.6 Å². The van der Waals surface area contributed by atoms with Crippen LogP contribution in [0.5, 0.6) is 0 Å². The van der Waals surface area contributed by atoms with Gasteiger partial charge >= 0.3 is 6.03 Å². The summed E-state index contributed by atoms with van der Waals surface area (Å²) in [6.45, 7) is 1.46. The van der Waals surface area contributed by atoms with Crippen molar-refractivity contribution in [2.45, 2.75) is 36.5 Å². The summed E-state index contributed by atoms with van der Waals surface area (Å²) in [6.07, 6.45) is 1.66. The molecule has 3 heterocycles. The Hall–Kier alpha value is -1.19. The standard InChI is InChI=1S/C12H19N3O5S/c16-10-12(14-11(17)13-10)3-5-15(6-4-12)21(18,19)9-1-7-20-8-2-9/h9H,1-8H2,(H2,13,14,16,17). The van der Waals surface area contributed by atoms with E-state index in [2.05, 4.69) is 10.6 Å². The van der Waals surface area contributed by atoms with E-state index in [-0.39, 0.29) is 19.0 Å². The van der Waals surface area contributed by atoms with Crippen molar-refractivity contribution in [3.8, 4) is 0 Å². The normalized spacial score (nSPS) is 27.6. The Balaban J connectivity index is 1.68. The molecule has 0 aromatic heterocycles. The smallest absolute Gasteiger partial charge is 0.322 e. The topological polar surface area (TPSA) is 105 Å². The molecule has 3 aliphatic rings. The van der Waals surface area contributed by atoms with E-state index in [1.54, 1.807) is 0 Å². The maximum Gasteiger partial charge on any atom is 0.322 e. The van der Waals surface area contributed by atoms with Crippen molar-refractivity contribution >= 4 is 22.0 Å². The van der Waals surface area contributed by atoms with Crippen LogP contribution in [0.25, 0.3) is 0 Å². The first-order chi connectivity index (χ1) is 9.94. The second kappa shape index (κ2) is 5.22. The first-order valence-corrected chi connectivity index (χ1v) is 8.65. The molecular formula is C12H19N3O5S. The highest BCUT2D eigenvalue weighted by Gasteiger charge is 2.49. The minimum absolute atomic E-state index is 0.257. The number of sulfonamides is 1. The molecule has 2 N–H and O–H groups in total. The Morgan fingerprint density at radius 1 is 1.14 bits per heavy atom. The molecule has 21 heavy (non-hydrogen) atoms. The van der Waals surface area contributed by atoms with E-state index in [9.17, 15) is 18.0 Å². The summed E-state index contributed by atoms with van der Waals surface area (Å²) < 4.78 is 31.8. The van der Waals surface area contributed by atoms with Crippen LogP contribution in [0.3, 0.4) is 0 Å². The number of carbonyl (C=O) groups is 2. The quantitative estimate of drug-likeness (QED) is 0.647. The summed E-state index contributed by atoms with van der Waals surface area (Å²) in [5.41, 5.74) is -0.932. The van der Waals surface area contributed by atoms with Crippen molar-refractivity contribution in [2.75, 3.05) is 26.3 Å². The summed E-state index contributed by atoms with van der Waals surface area (Å²) in [4.78, 5) is 23.1. The zero-order valence-electron chi connectivity index (χ0n) is 11.6. The minimum Gasteiger partial charge on any atom is -0.381 e. The molecule has 3 saturated heterocycles. The molecule has 3 amide bonds. The van der Waals surface area contributed by atoms with E-state index >= 15 is 0 Å². The van der Waals surface area contributed by atoms with Crippen LogP contribution in [0.2, 0.25) is 0 Å². The number of rotatable bonds is 2. The molecule has 118 valence electrons. The summed E-state index contributed by atoms with van der Waals surface area (Å²) in [7, 11) is -3.35. The highest BCUT2D eigenvalue weighted by Crippen LogP contribution is 2.29. The van der Waals surface area contributed by atoms with Gasteiger partial charge in [0.05, 0.1) is 5.25 Å². The van der Waals surface area contributed by atoms with Gasteiger partial charge in [-0.25, -0.2) is 17.5 Å². The maximum absolute atomic E-state index is 12.6. The van der Waals surface area contributed by atoms with Gasteiger partial charge in [0.15, 0.2) is 0 Å². The zero-order valence-corrected chi connectivity index (χ0v) is 12.4. The maximum atomic E-state index is 12.6. The summed E-state index contributed by atoms with van der Waals surface area (Å²) in [6, 6.07) is -0.499. The Labute approximate surface area is 123 Å². The van der Waals surface area contributed by atoms with Crippen LogP contribution in [0.4, 0.5) is 4.79 Å². The number of carbonyl (C=O) groups excluding carboxylic acids is 2. The van der Waals surface area contributed by atoms with Crippen LogP contribution in [0, 0.1) is 0 Å². The molecular weight excluding hydrogens is 298 g/mol. The molecule has 0 bridgehead atoms. The van der Waals surface area contributed by atoms with Gasteiger partial charge in [-0.3, -0.25) is 10.1 Å². The van der Waals surface area contributed by atoms with E-state index in [0.29, 0.717) is 38.9 Å². The van der Waals surface area contributed by atoms with Crippen LogP contribution in [0.15, 0.2) is 0 Å².